The molecular formula is C20H17NO3S. The molecule has 0 fully saturated rings. The molecular weight excluding hydrogens is 334 g/mol. The molecule has 3 rings (SSSR count). The molecule has 0 aliphatic heterocycles. The van der Waals surface area contributed by atoms with Crippen LogP contribution in [0.1, 0.15) is 21.5 Å². The molecule has 0 aliphatic rings. The molecule has 0 saturated carbocycles. The first-order valence-electron chi connectivity index (χ1n) is 7.73. The Morgan fingerprint density at radius 2 is 1.76 bits per heavy atom. The molecule has 4 nitrogen and oxygen atoms in total. The van der Waals surface area contributed by atoms with Crippen LogP contribution in [0.2, 0.25) is 0 Å². The number of carbonyl (C=O) groups excluding carboxylic acids is 1. The van der Waals surface area contributed by atoms with Gasteiger partial charge >= 0.3 is 0 Å². The number of aryl methyl sites for hydroxylation is 1. The van der Waals surface area contributed by atoms with E-state index in [0.29, 0.717) is 20.5 Å². The Morgan fingerprint density at radius 1 is 1.08 bits per heavy atom. The minimum atomic E-state index is -0.195. The summed E-state index contributed by atoms with van der Waals surface area (Å²) in [5.74, 6) is 0.526. The second kappa shape index (κ2) is 7.32. The maximum absolute atomic E-state index is 12.3. The Labute approximate surface area is 148 Å². The highest BCUT2D eigenvalue weighted by molar-refractivity contribution is 7.07. The molecule has 25 heavy (non-hydrogen) atoms. The number of ketones is 1. The number of hydrogen-bond acceptors (Lipinski definition) is 4. The fraction of sp³-hybridized carbons (Fsp3) is 0.100. The van der Waals surface area contributed by atoms with Crippen molar-refractivity contribution in [2.24, 2.45) is 0 Å². The van der Waals surface area contributed by atoms with E-state index in [9.17, 15) is 9.59 Å². The van der Waals surface area contributed by atoms with E-state index in [4.69, 9.17) is 4.74 Å². The zero-order valence-electron chi connectivity index (χ0n) is 13.9. The number of H-pyrrole nitrogens is 1. The normalized spacial score (nSPS) is 12.4. The summed E-state index contributed by atoms with van der Waals surface area (Å²) in [7, 11) is 1.57. The molecule has 0 radical (unpaired) electrons. The Bertz CT molecular complexity index is 1060. The summed E-state index contributed by atoms with van der Waals surface area (Å²) in [6.07, 6.45) is 3.26. The Kier molecular flexibility index (Phi) is 4.95. The molecule has 1 heterocycles. The van der Waals surface area contributed by atoms with Crippen LogP contribution in [-0.4, -0.2) is 17.9 Å². The lowest BCUT2D eigenvalue weighted by atomic mass is 10.1. The molecule has 0 unspecified atom stereocenters. The van der Waals surface area contributed by atoms with Crippen LogP contribution < -0.4 is 19.5 Å². The Balaban J connectivity index is 1.93. The van der Waals surface area contributed by atoms with E-state index < -0.39 is 0 Å². The molecule has 0 bridgehead atoms. The van der Waals surface area contributed by atoms with Gasteiger partial charge in [0.15, 0.2) is 5.78 Å². The maximum Gasteiger partial charge on any atom is 0.266 e. The predicted molar refractivity (Wildman–Crippen MR) is 101 cm³/mol. The van der Waals surface area contributed by atoms with Gasteiger partial charge in [0.2, 0.25) is 0 Å². The summed E-state index contributed by atoms with van der Waals surface area (Å²) in [4.78, 5) is 27.1. The minimum Gasteiger partial charge on any atom is -0.497 e. The van der Waals surface area contributed by atoms with E-state index in [1.807, 2.05) is 37.3 Å². The van der Waals surface area contributed by atoms with Crippen molar-refractivity contribution in [3.63, 3.8) is 0 Å². The molecule has 1 aromatic heterocycles. The highest BCUT2D eigenvalue weighted by Gasteiger charge is 2.04. The lowest BCUT2D eigenvalue weighted by Gasteiger charge is -1.99. The van der Waals surface area contributed by atoms with E-state index >= 15 is 0 Å². The number of carbonyl (C=O) groups is 1. The number of hydrogen-bond donors (Lipinski definition) is 1. The summed E-state index contributed by atoms with van der Waals surface area (Å²) < 4.78 is 6.18. The summed E-state index contributed by atoms with van der Waals surface area (Å²) in [5.41, 5.74) is 2.46. The van der Waals surface area contributed by atoms with E-state index in [1.165, 1.54) is 17.4 Å². The van der Waals surface area contributed by atoms with Crippen molar-refractivity contribution in [3.8, 4) is 5.75 Å². The van der Waals surface area contributed by atoms with E-state index in [-0.39, 0.29) is 11.3 Å². The third-order valence-electron chi connectivity index (χ3n) is 3.69. The first kappa shape index (κ1) is 16.9. The quantitative estimate of drug-likeness (QED) is 0.734. The minimum absolute atomic E-state index is 0.165. The van der Waals surface area contributed by atoms with E-state index in [1.54, 1.807) is 31.4 Å². The molecule has 2 aromatic carbocycles. The van der Waals surface area contributed by atoms with Gasteiger partial charge in [0.05, 0.1) is 16.3 Å². The molecule has 0 saturated heterocycles. The van der Waals surface area contributed by atoms with Gasteiger partial charge in [-0.2, -0.15) is 0 Å². The van der Waals surface area contributed by atoms with Crippen LogP contribution in [0.25, 0.3) is 12.2 Å². The van der Waals surface area contributed by atoms with E-state index in [0.717, 1.165) is 11.1 Å². The number of aromatic amines is 1. The first-order valence-corrected chi connectivity index (χ1v) is 8.54. The predicted octanol–water partition coefficient (Wildman–Crippen LogP) is 2.25. The molecule has 0 aliphatic carbocycles. The number of nitrogens with one attached hydrogen (secondary N) is 1. The average molecular weight is 351 g/mol. The molecule has 3 aromatic rings. The number of methoxy groups -OCH3 is 1. The van der Waals surface area contributed by atoms with Gasteiger partial charge < -0.3 is 9.72 Å². The topological polar surface area (TPSA) is 59.2 Å². The van der Waals surface area contributed by atoms with Crippen molar-refractivity contribution in [1.29, 1.82) is 0 Å². The van der Waals surface area contributed by atoms with Crippen molar-refractivity contribution in [3.05, 3.63) is 84.8 Å². The number of Topliss-reactive ketones (excluding diaryl/α,β-unsaturated/α-hetero) is 1. The number of thiazole rings is 1. The first-order chi connectivity index (χ1) is 12.0. The Morgan fingerprint density at radius 3 is 2.40 bits per heavy atom. The van der Waals surface area contributed by atoms with Gasteiger partial charge in [-0.1, -0.05) is 29.8 Å². The van der Waals surface area contributed by atoms with Gasteiger partial charge in [-0.25, -0.2) is 0 Å². The fourth-order valence-corrected chi connectivity index (χ4v) is 3.18. The zero-order valence-corrected chi connectivity index (χ0v) is 14.7. The van der Waals surface area contributed by atoms with Crippen LogP contribution in [0.3, 0.4) is 0 Å². The van der Waals surface area contributed by atoms with E-state index in [2.05, 4.69) is 4.98 Å². The van der Waals surface area contributed by atoms with Crippen molar-refractivity contribution in [2.75, 3.05) is 7.11 Å². The van der Waals surface area contributed by atoms with Crippen molar-refractivity contribution in [1.82, 2.24) is 4.98 Å². The second-order valence-corrected chi connectivity index (χ2v) is 6.66. The van der Waals surface area contributed by atoms with Crippen molar-refractivity contribution in [2.45, 2.75) is 6.92 Å². The summed E-state index contributed by atoms with van der Waals surface area (Å²) >= 11 is 1.26. The van der Waals surface area contributed by atoms with Crippen molar-refractivity contribution < 1.29 is 9.53 Å². The lowest BCUT2D eigenvalue weighted by molar-refractivity contribution is 0.106. The maximum atomic E-state index is 12.3. The van der Waals surface area contributed by atoms with Gasteiger partial charge in [-0.3, -0.25) is 9.59 Å². The number of benzene rings is 2. The zero-order chi connectivity index (χ0) is 17.8. The molecule has 0 amide bonds. The van der Waals surface area contributed by atoms with Crippen LogP contribution in [0.15, 0.2) is 53.3 Å². The standard InChI is InChI=1S/C20H17NO3S/c1-13-3-5-14(6-4-13)11-18-20(23)21-19(25-18)12-17(22)15-7-9-16(24-2)10-8-15/h3-12H,1-2H3,(H,21,23)/b18-11+,19-12+. The van der Waals surface area contributed by atoms with Gasteiger partial charge in [0.1, 0.15) is 5.75 Å². The van der Waals surface area contributed by atoms with Gasteiger partial charge in [-0.05, 0) is 42.8 Å². The molecule has 0 spiro atoms. The van der Waals surface area contributed by atoms with Crippen LogP contribution in [0, 0.1) is 6.92 Å². The van der Waals surface area contributed by atoms with Gasteiger partial charge in [0, 0.05) is 11.6 Å². The summed E-state index contributed by atoms with van der Waals surface area (Å²) in [5, 5.41) is 0. The number of rotatable bonds is 4. The highest BCUT2D eigenvalue weighted by Crippen LogP contribution is 2.11. The molecule has 126 valence electrons. The van der Waals surface area contributed by atoms with Crippen LogP contribution in [0.5, 0.6) is 5.75 Å². The molecule has 0 atom stereocenters. The average Bonchev–Trinajstić information content (AvgIpc) is 2.96. The summed E-state index contributed by atoms with van der Waals surface area (Å²) in [6, 6.07) is 14.8. The largest absolute Gasteiger partial charge is 0.497 e. The number of ether oxygens (including phenoxy) is 1. The third kappa shape index (κ3) is 4.14. The van der Waals surface area contributed by atoms with Gasteiger partial charge in [-0.15, -0.1) is 11.3 Å². The molecule has 5 heteroatoms. The highest BCUT2D eigenvalue weighted by atomic mass is 32.1. The second-order valence-electron chi connectivity index (χ2n) is 5.58. The van der Waals surface area contributed by atoms with Crippen LogP contribution in [-0.2, 0) is 0 Å². The van der Waals surface area contributed by atoms with Crippen molar-refractivity contribution >= 4 is 29.3 Å². The number of aromatic nitrogens is 1. The molecule has 1 N–H and O–H groups in total. The summed E-state index contributed by atoms with van der Waals surface area (Å²) in [6.45, 7) is 2.01. The van der Waals surface area contributed by atoms with Gasteiger partial charge in [0.25, 0.3) is 5.56 Å². The third-order valence-corrected chi connectivity index (χ3v) is 4.66. The fourth-order valence-electron chi connectivity index (χ4n) is 2.30. The van der Waals surface area contributed by atoms with Crippen LogP contribution >= 0.6 is 11.3 Å². The monoisotopic (exact) mass is 351 g/mol. The van der Waals surface area contributed by atoms with Crippen LogP contribution in [0.4, 0.5) is 0 Å². The lowest BCUT2D eigenvalue weighted by Crippen LogP contribution is -2.20. The Hall–Kier alpha value is -2.92. The smallest absolute Gasteiger partial charge is 0.266 e. The SMILES string of the molecule is COc1ccc(C(=O)/C=c2\[nH]c(=O)/c(=C\c3ccc(C)cc3)s2)cc1.